The smallest absolute Gasteiger partial charge is 0.186 e. The van der Waals surface area contributed by atoms with Crippen molar-refractivity contribution >= 4 is 21.7 Å². The zero-order valence-electron chi connectivity index (χ0n) is 12.1. The lowest BCUT2D eigenvalue weighted by Gasteiger charge is -2.39. The summed E-state index contributed by atoms with van der Waals surface area (Å²) in [6.07, 6.45) is 3.68. The second-order valence-electron chi connectivity index (χ2n) is 5.39. The molecule has 20 heavy (non-hydrogen) atoms. The van der Waals surface area contributed by atoms with E-state index in [1.165, 1.54) is 6.07 Å². The molecule has 1 aliphatic heterocycles. The van der Waals surface area contributed by atoms with Crippen molar-refractivity contribution in [2.75, 3.05) is 13.1 Å². The van der Waals surface area contributed by atoms with Crippen LogP contribution < -0.4 is 0 Å². The molecule has 1 aromatic carbocycles. The number of hydrogen-bond donors (Lipinski definition) is 0. The fraction of sp³-hybridized carbons (Fsp3) is 0.562. The number of rotatable bonds is 5. The molecular weight excluding hydrogens is 321 g/mol. The highest BCUT2D eigenvalue weighted by Crippen LogP contribution is 2.33. The van der Waals surface area contributed by atoms with Crippen molar-refractivity contribution < 1.29 is 9.18 Å². The van der Waals surface area contributed by atoms with Gasteiger partial charge in [-0.25, -0.2) is 4.39 Å². The highest BCUT2D eigenvalue weighted by Gasteiger charge is 2.42. The van der Waals surface area contributed by atoms with Gasteiger partial charge < -0.3 is 0 Å². The molecule has 110 valence electrons. The highest BCUT2D eigenvalue weighted by molar-refractivity contribution is 9.10. The van der Waals surface area contributed by atoms with E-state index in [-0.39, 0.29) is 11.3 Å². The maximum Gasteiger partial charge on any atom is 0.186 e. The van der Waals surface area contributed by atoms with Crippen molar-refractivity contribution in [1.82, 2.24) is 4.90 Å². The van der Waals surface area contributed by atoms with Crippen LogP contribution in [0.5, 0.6) is 0 Å². The van der Waals surface area contributed by atoms with Crippen LogP contribution in [0.1, 0.15) is 49.9 Å². The zero-order valence-corrected chi connectivity index (χ0v) is 13.7. The van der Waals surface area contributed by atoms with Crippen LogP contribution in [0.3, 0.4) is 0 Å². The Morgan fingerprint density at radius 3 is 2.45 bits per heavy atom. The van der Waals surface area contributed by atoms with Crippen LogP contribution >= 0.6 is 15.9 Å². The number of benzene rings is 1. The van der Waals surface area contributed by atoms with E-state index < -0.39 is 11.4 Å². The summed E-state index contributed by atoms with van der Waals surface area (Å²) < 4.78 is 14.8. The molecule has 0 aromatic heterocycles. The number of likely N-dealkylation sites (tertiary alicyclic amines) is 1. The Hall–Kier alpha value is -0.740. The Morgan fingerprint density at radius 2 is 1.90 bits per heavy atom. The van der Waals surface area contributed by atoms with Gasteiger partial charge in [-0.1, -0.05) is 29.8 Å². The van der Waals surface area contributed by atoms with E-state index in [4.69, 9.17) is 0 Å². The van der Waals surface area contributed by atoms with Crippen LogP contribution in [0, 0.1) is 5.82 Å². The van der Waals surface area contributed by atoms with Gasteiger partial charge in [0.15, 0.2) is 5.78 Å². The lowest BCUT2D eigenvalue weighted by Crippen LogP contribution is -2.53. The summed E-state index contributed by atoms with van der Waals surface area (Å²) in [6, 6.07) is 4.59. The Bertz CT molecular complexity index is 493. The summed E-state index contributed by atoms with van der Waals surface area (Å²) in [5, 5.41) is 0. The Kier molecular flexibility index (Phi) is 4.97. The molecule has 2 rings (SSSR count). The van der Waals surface area contributed by atoms with Gasteiger partial charge in [0.1, 0.15) is 5.82 Å². The van der Waals surface area contributed by atoms with Crippen molar-refractivity contribution in [3.8, 4) is 0 Å². The van der Waals surface area contributed by atoms with E-state index in [0.29, 0.717) is 12.8 Å². The fourth-order valence-corrected chi connectivity index (χ4v) is 3.59. The number of ketones is 1. The van der Waals surface area contributed by atoms with Crippen molar-refractivity contribution in [2.45, 2.75) is 45.1 Å². The first-order chi connectivity index (χ1) is 9.55. The van der Waals surface area contributed by atoms with Gasteiger partial charge in [0.25, 0.3) is 0 Å². The minimum absolute atomic E-state index is 0.0804. The van der Waals surface area contributed by atoms with Gasteiger partial charge in [0, 0.05) is 4.47 Å². The average molecular weight is 342 g/mol. The van der Waals surface area contributed by atoms with Crippen LogP contribution in [0.15, 0.2) is 22.7 Å². The lowest BCUT2D eigenvalue weighted by atomic mass is 9.82. The number of nitrogens with zero attached hydrogens (tertiary/aromatic N) is 1. The molecule has 0 atom stereocenters. The number of hydrogen-bond acceptors (Lipinski definition) is 2. The largest absolute Gasteiger partial charge is 0.292 e. The summed E-state index contributed by atoms with van der Waals surface area (Å²) in [5.41, 5.74) is -0.354. The van der Waals surface area contributed by atoms with Gasteiger partial charge in [-0.3, -0.25) is 9.69 Å². The molecule has 0 saturated carbocycles. The first-order valence-electron chi connectivity index (χ1n) is 7.30. The summed E-state index contributed by atoms with van der Waals surface area (Å²) >= 11 is 3.33. The van der Waals surface area contributed by atoms with Gasteiger partial charge in [-0.2, -0.15) is 0 Å². The SMILES string of the molecule is CCC(CC)(C(=O)c1cc(Br)ccc1F)N1CCCC1. The maximum absolute atomic E-state index is 14.0. The molecule has 0 N–H and O–H groups in total. The minimum Gasteiger partial charge on any atom is -0.292 e. The minimum atomic E-state index is -0.557. The van der Waals surface area contributed by atoms with Crippen molar-refractivity contribution in [2.24, 2.45) is 0 Å². The zero-order chi connectivity index (χ0) is 14.8. The average Bonchev–Trinajstić information content (AvgIpc) is 2.98. The molecule has 4 heteroatoms. The topological polar surface area (TPSA) is 20.3 Å². The highest BCUT2D eigenvalue weighted by atomic mass is 79.9. The third-order valence-electron chi connectivity index (χ3n) is 4.48. The molecule has 1 heterocycles. The second-order valence-corrected chi connectivity index (χ2v) is 6.30. The molecule has 1 aromatic rings. The van der Waals surface area contributed by atoms with Crippen molar-refractivity contribution in [1.29, 1.82) is 0 Å². The predicted octanol–water partition coefficient (Wildman–Crippen LogP) is 4.43. The van der Waals surface area contributed by atoms with Gasteiger partial charge >= 0.3 is 0 Å². The lowest BCUT2D eigenvalue weighted by molar-refractivity contribution is 0.0577. The fourth-order valence-electron chi connectivity index (χ4n) is 3.23. The first kappa shape index (κ1) is 15.6. The standard InChI is InChI=1S/C16H21BrFNO/c1-3-16(4-2,19-9-5-6-10-19)15(20)13-11-12(17)7-8-14(13)18/h7-8,11H,3-6,9-10H2,1-2H3. The van der Waals surface area contributed by atoms with E-state index in [1.807, 2.05) is 13.8 Å². The Morgan fingerprint density at radius 1 is 1.30 bits per heavy atom. The quantitative estimate of drug-likeness (QED) is 0.738. The molecule has 1 saturated heterocycles. The monoisotopic (exact) mass is 341 g/mol. The Balaban J connectivity index is 2.43. The van der Waals surface area contributed by atoms with E-state index in [1.54, 1.807) is 12.1 Å². The van der Waals surface area contributed by atoms with E-state index >= 15 is 0 Å². The van der Waals surface area contributed by atoms with E-state index in [0.717, 1.165) is 30.4 Å². The molecule has 0 aliphatic carbocycles. The van der Waals surface area contributed by atoms with Gasteiger partial charge in [0.05, 0.1) is 11.1 Å². The number of Topliss-reactive ketones (excluding diaryl/α,β-unsaturated/α-hetero) is 1. The van der Waals surface area contributed by atoms with Crippen LogP contribution in [0.2, 0.25) is 0 Å². The molecule has 0 radical (unpaired) electrons. The summed E-state index contributed by atoms with van der Waals surface area (Å²) in [4.78, 5) is 15.2. The Labute approximate surface area is 128 Å². The van der Waals surface area contributed by atoms with Crippen LogP contribution in [-0.4, -0.2) is 29.3 Å². The van der Waals surface area contributed by atoms with E-state index in [9.17, 15) is 9.18 Å². The van der Waals surface area contributed by atoms with Gasteiger partial charge in [-0.15, -0.1) is 0 Å². The molecule has 1 aliphatic rings. The number of carbonyl (C=O) groups is 1. The summed E-state index contributed by atoms with van der Waals surface area (Å²) in [6.45, 7) is 5.91. The molecule has 0 bridgehead atoms. The van der Waals surface area contributed by atoms with Gasteiger partial charge in [-0.05, 0) is 57.0 Å². The van der Waals surface area contributed by atoms with Gasteiger partial charge in [0.2, 0.25) is 0 Å². The van der Waals surface area contributed by atoms with Crippen LogP contribution in [-0.2, 0) is 0 Å². The summed E-state index contributed by atoms with van der Waals surface area (Å²) in [5.74, 6) is -0.508. The molecule has 2 nitrogen and oxygen atoms in total. The van der Waals surface area contributed by atoms with E-state index in [2.05, 4.69) is 20.8 Å². The van der Waals surface area contributed by atoms with Crippen molar-refractivity contribution in [3.05, 3.63) is 34.1 Å². The first-order valence-corrected chi connectivity index (χ1v) is 8.09. The maximum atomic E-state index is 14.0. The third-order valence-corrected chi connectivity index (χ3v) is 4.97. The van der Waals surface area contributed by atoms with Crippen LogP contribution in [0.4, 0.5) is 4.39 Å². The molecule has 0 amide bonds. The number of carbonyl (C=O) groups excluding carboxylic acids is 1. The summed E-state index contributed by atoms with van der Waals surface area (Å²) in [7, 11) is 0. The predicted molar refractivity (Wildman–Crippen MR) is 82.6 cm³/mol. The third kappa shape index (κ3) is 2.68. The second kappa shape index (κ2) is 6.35. The molecule has 1 fully saturated rings. The number of halogens is 2. The normalized spacial score (nSPS) is 16.6. The molecular formula is C16H21BrFNO. The molecule has 0 spiro atoms. The van der Waals surface area contributed by atoms with Crippen LogP contribution in [0.25, 0.3) is 0 Å². The van der Waals surface area contributed by atoms with Crippen molar-refractivity contribution in [3.63, 3.8) is 0 Å². The molecule has 0 unspecified atom stereocenters.